The molecule has 5 heteroatoms. The Balaban J connectivity index is 2.27. The Morgan fingerprint density at radius 3 is 2.42 bits per heavy atom. The molecule has 0 bridgehead atoms. The molecule has 2 rings (SSSR count). The maximum atomic E-state index is 12.6. The number of likely N-dealkylation sites (N-methyl/N-ethyl adjacent to an activating group) is 1. The van der Waals surface area contributed by atoms with E-state index in [1.54, 1.807) is 16.4 Å². The molecule has 1 aromatic carbocycles. The highest BCUT2D eigenvalue weighted by Crippen LogP contribution is 2.21. The van der Waals surface area contributed by atoms with Crippen molar-refractivity contribution in [2.75, 3.05) is 19.6 Å². The van der Waals surface area contributed by atoms with Crippen LogP contribution in [0.25, 0.3) is 0 Å². The van der Waals surface area contributed by atoms with Gasteiger partial charge in [-0.1, -0.05) is 26.0 Å². The first-order chi connectivity index (χ1) is 9.09. The van der Waals surface area contributed by atoms with Crippen molar-refractivity contribution in [3.8, 4) is 0 Å². The Morgan fingerprint density at radius 1 is 1.26 bits per heavy atom. The van der Waals surface area contributed by atoms with E-state index in [1.165, 1.54) is 0 Å². The molecule has 1 aliphatic heterocycles. The van der Waals surface area contributed by atoms with Gasteiger partial charge >= 0.3 is 0 Å². The molecular formula is C14H22N2O2S. The fourth-order valence-electron chi connectivity index (χ4n) is 2.54. The van der Waals surface area contributed by atoms with E-state index < -0.39 is 10.0 Å². The lowest BCUT2D eigenvalue weighted by molar-refractivity contribution is 0.349. The molecule has 1 N–H and O–H groups in total. The Kier molecular flexibility index (Phi) is 4.60. The minimum Gasteiger partial charge on any atom is -0.315 e. The van der Waals surface area contributed by atoms with Gasteiger partial charge in [-0.15, -0.1) is 0 Å². The quantitative estimate of drug-likeness (QED) is 0.893. The number of nitrogens with zero attached hydrogens (tertiary/aromatic N) is 1. The van der Waals surface area contributed by atoms with Gasteiger partial charge in [-0.05, 0) is 37.1 Å². The molecule has 0 radical (unpaired) electrons. The molecule has 0 aliphatic carbocycles. The van der Waals surface area contributed by atoms with Crippen LogP contribution in [0, 0.1) is 0 Å². The largest absolute Gasteiger partial charge is 0.315 e. The van der Waals surface area contributed by atoms with Gasteiger partial charge in [0, 0.05) is 19.1 Å². The zero-order valence-corrected chi connectivity index (χ0v) is 12.4. The van der Waals surface area contributed by atoms with Crippen LogP contribution in [0.4, 0.5) is 0 Å². The molecule has 0 spiro atoms. The number of benzene rings is 1. The summed E-state index contributed by atoms with van der Waals surface area (Å²) in [6.45, 7) is 6.12. The van der Waals surface area contributed by atoms with Crippen LogP contribution < -0.4 is 5.32 Å². The molecule has 1 unspecified atom stereocenters. The first-order valence-corrected chi connectivity index (χ1v) is 8.35. The SMILES string of the molecule is CCc1ccc(S(=O)(=O)N(CC)C2CCNC2)cc1. The van der Waals surface area contributed by atoms with Crippen molar-refractivity contribution in [2.24, 2.45) is 0 Å². The predicted molar refractivity (Wildman–Crippen MR) is 76.7 cm³/mol. The van der Waals surface area contributed by atoms with Crippen LogP contribution in [-0.2, 0) is 16.4 Å². The third kappa shape index (κ3) is 2.99. The minimum absolute atomic E-state index is 0.0841. The number of aryl methyl sites for hydroxylation is 1. The van der Waals surface area contributed by atoms with Gasteiger partial charge in [-0.2, -0.15) is 4.31 Å². The molecule has 1 atom stereocenters. The summed E-state index contributed by atoms with van der Waals surface area (Å²) >= 11 is 0. The molecular weight excluding hydrogens is 260 g/mol. The predicted octanol–water partition coefficient (Wildman–Crippen LogP) is 1.62. The lowest BCUT2D eigenvalue weighted by Crippen LogP contribution is -2.41. The van der Waals surface area contributed by atoms with E-state index in [0.717, 1.165) is 31.5 Å². The van der Waals surface area contributed by atoms with E-state index in [-0.39, 0.29) is 6.04 Å². The molecule has 19 heavy (non-hydrogen) atoms. The molecule has 106 valence electrons. The average Bonchev–Trinajstić information content (AvgIpc) is 2.93. The second-order valence-electron chi connectivity index (χ2n) is 4.85. The number of sulfonamides is 1. The fraction of sp³-hybridized carbons (Fsp3) is 0.571. The van der Waals surface area contributed by atoms with Gasteiger partial charge in [0.15, 0.2) is 0 Å². The Hall–Kier alpha value is -0.910. The molecule has 0 amide bonds. The minimum atomic E-state index is -3.37. The number of nitrogens with one attached hydrogen (secondary N) is 1. The standard InChI is InChI=1S/C14H22N2O2S/c1-3-12-5-7-14(8-6-12)19(17,18)16(4-2)13-9-10-15-11-13/h5-8,13,15H,3-4,9-11H2,1-2H3. The van der Waals surface area contributed by atoms with Crippen LogP contribution in [0.3, 0.4) is 0 Å². The number of hydrogen-bond donors (Lipinski definition) is 1. The van der Waals surface area contributed by atoms with E-state index in [0.29, 0.717) is 11.4 Å². The molecule has 1 heterocycles. The van der Waals surface area contributed by atoms with Crippen LogP contribution in [0.1, 0.15) is 25.8 Å². The van der Waals surface area contributed by atoms with Crippen LogP contribution in [0.2, 0.25) is 0 Å². The van der Waals surface area contributed by atoms with Crippen molar-refractivity contribution in [3.63, 3.8) is 0 Å². The number of rotatable bonds is 5. The van der Waals surface area contributed by atoms with Gasteiger partial charge in [0.1, 0.15) is 0 Å². The molecule has 1 aliphatic rings. The summed E-state index contributed by atoms with van der Waals surface area (Å²) in [4.78, 5) is 0.401. The monoisotopic (exact) mass is 282 g/mol. The van der Waals surface area contributed by atoms with Crippen LogP contribution in [0.15, 0.2) is 29.2 Å². The molecule has 0 saturated carbocycles. The van der Waals surface area contributed by atoms with Crippen LogP contribution in [-0.4, -0.2) is 38.4 Å². The van der Waals surface area contributed by atoms with Gasteiger partial charge in [0.25, 0.3) is 0 Å². The summed E-state index contributed by atoms with van der Waals surface area (Å²) in [7, 11) is -3.37. The molecule has 1 aromatic rings. The van der Waals surface area contributed by atoms with Crippen molar-refractivity contribution < 1.29 is 8.42 Å². The molecule has 1 saturated heterocycles. The Labute approximate surface area is 115 Å². The fourth-order valence-corrected chi connectivity index (χ4v) is 4.21. The number of hydrogen-bond acceptors (Lipinski definition) is 3. The van der Waals surface area contributed by atoms with Crippen molar-refractivity contribution in [2.45, 2.75) is 37.6 Å². The third-order valence-corrected chi connectivity index (χ3v) is 5.73. The summed E-state index contributed by atoms with van der Waals surface area (Å²) < 4.78 is 26.9. The maximum absolute atomic E-state index is 12.6. The zero-order valence-electron chi connectivity index (χ0n) is 11.6. The van der Waals surface area contributed by atoms with Crippen molar-refractivity contribution in [1.82, 2.24) is 9.62 Å². The van der Waals surface area contributed by atoms with E-state index >= 15 is 0 Å². The summed E-state index contributed by atoms with van der Waals surface area (Å²) in [5.41, 5.74) is 1.16. The lowest BCUT2D eigenvalue weighted by atomic mass is 10.2. The second kappa shape index (κ2) is 6.03. The van der Waals surface area contributed by atoms with E-state index in [2.05, 4.69) is 12.2 Å². The Bertz CT molecular complexity index is 505. The van der Waals surface area contributed by atoms with Crippen molar-refractivity contribution in [3.05, 3.63) is 29.8 Å². The summed E-state index contributed by atoms with van der Waals surface area (Å²) in [5, 5.41) is 3.22. The van der Waals surface area contributed by atoms with Gasteiger partial charge in [-0.3, -0.25) is 0 Å². The lowest BCUT2D eigenvalue weighted by Gasteiger charge is -2.26. The highest BCUT2D eigenvalue weighted by molar-refractivity contribution is 7.89. The van der Waals surface area contributed by atoms with E-state index in [1.807, 2.05) is 19.1 Å². The van der Waals surface area contributed by atoms with Gasteiger partial charge in [-0.25, -0.2) is 8.42 Å². The highest BCUT2D eigenvalue weighted by Gasteiger charge is 2.31. The molecule has 0 aromatic heterocycles. The highest BCUT2D eigenvalue weighted by atomic mass is 32.2. The smallest absolute Gasteiger partial charge is 0.243 e. The molecule has 1 fully saturated rings. The zero-order chi connectivity index (χ0) is 13.9. The Morgan fingerprint density at radius 2 is 1.95 bits per heavy atom. The van der Waals surface area contributed by atoms with Crippen molar-refractivity contribution >= 4 is 10.0 Å². The summed E-state index contributed by atoms with van der Waals surface area (Å²) in [5.74, 6) is 0. The first-order valence-electron chi connectivity index (χ1n) is 6.91. The van der Waals surface area contributed by atoms with Gasteiger partial charge in [0.2, 0.25) is 10.0 Å². The van der Waals surface area contributed by atoms with Crippen LogP contribution in [0.5, 0.6) is 0 Å². The van der Waals surface area contributed by atoms with E-state index in [9.17, 15) is 8.42 Å². The third-order valence-electron chi connectivity index (χ3n) is 3.69. The van der Waals surface area contributed by atoms with E-state index in [4.69, 9.17) is 0 Å². The summed E-state index contributed by atoms with van der Waals surface area (Å²) in [6, 6.07) is 7.32. The van der Waals surface area contributed by atoms with Crippen LogP contribution >= 0.6 is 0 Å². The summed E-state index contributed by atoms with van der Waals surface area (Å²) in [6.07, 6.45) is 1.81. The van der Waals surface area contributed by atoms with Gasteiger partial charge in [0.05, 0.1) is 4.90 Å². The molecule has 4 nitrogen and oxygen atoms in total. The average molecular weight is 282 g/mol. The first kappa shape index (κ1) is 14.5. The van der Waals surface area contributed by atoms with Gasteiger partial charge < -0.3 is 5.32 Å². The normalized spacial score (nSPS) is 20.1. The maximum Gasteiger partial charge on any atom is 0.243 e. The second-order valence-corrected chi connectivity index (χ2v) is 6.74. The topological polar surface area (TPSA) is 49.4 Å². The van der Waals surface area contributed by atoms with Crippen molar-refractivity contribution in [1.29, 1.82) is 0 Å².